The Kier molecular flexibility index (Phi) is 1.53. The van der Waals surface area contributed by atoms with Crippen molar-refractivity contribution in [1.82, 2.24) is 5.32 Å². The molecule has 3 nitrogen and oxygen atoms in total. The van der Waals surface area contributed by atoms with E-state index >= 15 is 0 Å². The third-order valence-corrected chi connectivity index (χ3v) is 1.45. The lowest BCUT2D eigenvalue weighted by atomic mass is 10.5. The van der Waals surface area contributed by atoms with Gasteiger partial charge in [0.25, 0.3) is 0 Å². The molecule has 0 bridgehead atoms. The Morgan fingerprint density at radius 2 is 2.75 bits per heavy atom. The molecule has 0 aromatic carbocycles. The first-order chi connectivity index (χ1) is 3.80. The van der Waals surface area contributed by atoms with Crippen LogP contribution in [0.15, 0.2) is 11.2 Å². The molecule has 1 radical (unpaired) electrons. The van der Waals surface area contributed by atoms with Gasteiger partial charge in [0.1, 0.15) is 10.8 Å². The third kappa shape index (κ3) is 1.01. The predicted octanol–water partition coefficient (Wildman–Crippen LogP) is -0.0578. The van der Waals surface area contributed by atoms with Gasteiger partial charge in [0, 0.05) is 0 Å². The van der Waals surface area contributed by atoms with E-state index in [1.165, 1.54) is 6.20 Å². The smallest absolute Gasteiger partial charge is 0.140 e. The lowest BCUT2D eigenvalue weighted by Crippen LogP contribution is -2.35. The summed E-state index contributed by atoms with van der Waals surface area (Å²) in [5.74, 6) is 0.531. The zero-order valence-electron chi connectivity index (χ0n) is 4.06. The SMILES string of the molecule is NC1=NC=[C]NC1Br. The zero-order valence-corrected chi connectivity index (χ0v) is 5.64. The number of hydrogen-bond acceptors (Lipinski definition) is 3. The van der Waals surface area contributed by atoms with Gasteiger partial charge < -0.3 is 11.1 Å². The van der Waals surface area contributed by atoms with Crippen molar-refractivity contribution in [3.05, 3.63) is 12.4 Å². The minimum atomic E-state index is -0.0486. The summed E-state index contributed by atoms with van der Waals surface area (Å²) in [6.45, 7) is 0. The highest BCUT2D eigenvalue weighted by Crippen LogP contribution is 1.97. The number of amidine groups is 1. The molecule has 4 heteroatoms. The van der Waals surface area contributed by atoms with E-state index in [9.17, 15) is 0 Å². The van der Waals surface area contributed by atoms with Crippen molar-refractivity contribution >= 4 is 21.8 Å². The lowest BCUT2D eigenvalue weighted by molar-refractivity contribution is 0.909. The molecular formula is C4H5BrN3. The Labute approximate surface area is 55.8 Å². The molecule has 1 rings (SSSR count). The lowest BCUT2D eigenvalue weighted by Gasteiger charge is -2.10. The van der Waals surface area contributed by atoms with E-state index in [4.69, 9.17) is 5.73 Å². The number of halogens is 1. The van der Waals surface area contributed by atoms with Gasteiger partial charge in [0.2, 0.25) is 0 Å². The fourth-order valence-corrected chi connectivity index (χ4v) is 0.607. The fraction of sp³-hybridized carbons (Fsp3) is 0.250. The predicted molar refractivity (Wildman–Crippen MR) is 35.3 cm³/mol. The highest BCUT2D eigenvalue weighted by atomic mass is 79.9. The average Bonchev–Trinajstić information content (AvgIpc) is 1.77. The number of nitrogens with zero attached hydrogens (tertiary/aromatic N) is 1. The van der Waals surface area contributed by atoms with E-state index in [1.807, 2.05) is 0 Å². The summed E-state index contributed by atoms with van der Waals surface area (Å²) < 4.78 is 0. The molecule has 0 saturated carbocycles. The molecule has 0 amide bonds. The molecule has 0 aliphatic carbocycles. The first-order valence-corrected chi connectivity index (χ1v) is 3.02. The zero-order chi connectivity index (χ0) is 5.98. The average molecular weight is 175 g/mol. The van der Waals surface area contributed by atoms with Crippen molar-refractivity contribution in [2.24, 2.45) is 10.7 Å². The maximum atomic E-state index is 5.35. The van der Waals surface area contributed by atoms with Gasteiger partial charge in [-0.25, -0.2) is 4.99 Å². The molecule has 0 spiro atoms. The van der Waals surface area contributed by atoms with Crippen molar-refractivity contribution in [2.45, 2.75) is 4.95 Å². The van der Waals surface area contributed by atoms with Gasteiger partial charge in [-0.3, -0.25) is 0 Å². The summed E-state index contributed by atoms with van der Waals surface area (Å²) in [6, 6.07) is 0. The molecule has 1 atom stereocenters. The number of nitrogens with two attached hydrogens (primary N) is 1. The first kappa shape index (κ1) is 5.62. The molecule has 8 heavy (non-hydrogen) atoms. The number of aliphatic imine (C=N–C) groups is 1. The van der Waals surface area contributed by atoms with Crippen LogP contribution in [0.5, 0.6) is 0 Å². The van der Waals surface area contributed by atoms with Crippen molar-refractivity contribution in [2.75, 3.05) is 0 Å². The van der Waals surface area contributed by atoms with Gasteiger partial charge in [0.05, 0.1) is 12.4 Å². The summed E-state index contributed by atoms with van der Waals surface area (Å²) in [4.78, 5) is 3.71. The highest BCUT2D eigenvalue weighted by molar-refractivity contribution is 9.10. The van der Waals surface area contributed by atoms with Crippen LogP contribution < -0.4 is 11.1 Å². The maximum absolute atomic E-state index is 5.35. The molecule has 1 heterocycles. The standard InChI is InChI=1S/C4H5BrN3/c5-3-4(6)8-2-1-7-3/h2-3,7H,(H2,6,8). The Balaban J connectivity index is 2.66. The van der Waals surface area contributed by atoms with Crippen molar-refractivity contribution in [3.63, 3.8) is 0 Å². The third-order valence-electron chi connectivity index (χ3n) is 0.748. The molecule has 3 N–H and O–H groups in total. The second kappa shape index (κ2) is 2.17. The number of rotatable bonds is 0. The second-order valence-electron chi connectivity index (χ2n) is 1.33. The van der Waals surface area contributed by atoms with Crippen LogP contribution in [-0.4, -0.2) is 10.8 Å². The fourth-order valence-electron chi connectivity index (χ4n) is 0.357. The van der Waals surface area contributed by atoms with E-state index in [-0.39, 0.29) is 4.95 Å². The van der Waals surface area contributed by atoms with Gasteiger partial charge in [-0.15, -0.1) is 0 Å². The highest BCUT2D eigenvalue weighted by Gasteiger charge is 2.06. The molecule has 0 aromatic heterocycles. The molecule has 1 aliphatic rings. The summed E-state index contributed by atoms with van der Waals surface area (Å²) in [5.41, 5.74) is 5.35. The Bertz CT molecular complexity index is 140. The monoisotopic (exact) mass is 174 g/mol. The number of nitrogens with one attached hydrogen (secondary N) is 1. The Morgan fingerprint density at radius 3 is 3.12 bits per heavy atom. The van der Waals surface area contributed by atoms with Crippen LogP contribution in [0, 0.1) is 6.20 Å². The van der Waals surface area contributed by atoms with E-state index in [1.54, 1.807) is 0 Å². The molecule has 0 saturated heterocycles. The topological polar surface area (TPSA) is 50.4 Å². The minimum Gasteiger partial charge on any atom is -0.385 e. The second-order valence-corrected chi connectivity index (χ2v) is 2.25. The van der Waals surface area contributed by atoms with Gasteiger partial charge >= 0.3 is 0 Å². The van der Waals surface area contributed by atoms with Crippen LogP contribution >= 0.6 is 15.9 Å². The van der Waals surface area contributed by atoms with Crippen LogP contribution in [0.2, 0.25) is 0 Å². The summed E-state index contributed by atoms with van der Waals surface area (Å²) in [5, 5.41) is 2.79. The normalized spacial score (nSPS) is 26.6. The van der Waals surface area contributed by atoms with Gasteiger partial charge in [0.15, 0.2) is 0 Å². The number of alkyl halides is 1. The van der Waals surface area contributed by atoms with Crippen molar-refractivity contribution in [3.8, 4) is 0 Å². The Hall–Kier alpha value is -0.510. The quantitative estimate of drug-likeness (QED) is 0.400. The van der Waals surface area contributed by atoms with E-state index in [0.717, 1.165) is 0 Å². The maximum Gasteiger partial charge on any atom is 0.140 e. The molecule has 1 unspecified atom stereocenters. The van der Waals surface area contributed by atoms with E-state index < -0.39 is 0 Å². The van der Waals surface area contributed by atoms with Crippen LogP contribution in [0.4, 0.5) is 0 Å². The van der Waals surface area contributed by atoms with Crippen LogP contribution in [0.3, 0.4) is 0 Å². The Morgan fingerprint density at radius 1 is 2.00 bits per heavy atom. The first-order valence-electron chi connectivity index (χ1n) is 2.10. The van der Waals surface area contributed by atoms with Gasteiger partial charge in [-0.2, -0.15) is 0 Å². The van der Waals surface area contributed by atoms with Crippen LogP contribution in [0.25, 0.3) is 0 Å². The summed E-state index contributed by atoms with van der Waals surface area (Å²) in [6.07, 6.45) is 4.17. The van der Waals surface area contributed by atoms with Crippen LogP contribution in [0.1, 0.15) is 0 Å². The van der Waals surface area contributed by atoms with E-state index in [0.29, 0.717) is 5.84 Å². The van der Waals surface area contributed by atoms with Crippen LogP contribution in [-0.2, 0) is 0 Å². The van der Waals surface area contributed by atoms with Crippen molar-refractivity contribution in [1.29, 1.82) is 0 Å². The summed E-state index contributed by atoms with van der Waals surface area (Å²) >= 11 is 3.20. The molecule has 0 aromatic rings. The van der Waals surface area contributed by atoms with Gasteiger partial charge in [-0.1, -0.05) is 15.9 Å². The molecule has 43 valence electrons. The van der Waals surface area contributed by atoms with E-state index in [2.05, 4.69) is 32.4 Å². The minimum absolute atomic E-state index is 0.0486. The largest absolute Gasteiger partial charge is 0.385 e. The molecule has 1 aliphatic heterocycles. The van der Waals surface area contributed by atoms with Crippen molar-refractivity contribution < 1.29 is 0 Å². The molecule has 0 fully saturated rings. The molecular weight excluding hydrogens is 170 g/mol. The number of hydrogen-bond donors (Lipinski definition) is 2. The van der Waals surface area contributed by atoms with Gasteiger partial charge in [-0.05, 0) is 0 Å². The summed E-state index contributed by atoms with van der Waals surface area (Å²) in [7, 11) is 0.